The van der Waals surface area contributed by atoms with Crippen LogP contribution < -0.4 is 4.74 Å². The lowest BCUT2D eigenvalue weighted by Crippen LogP contribution is -2.49. The number of benzene rings is 1. The van der Waals surface area contributed by atoms with Crippen LogP contribution in [0, 0.1) is 6.92 Å². The summed E-state index contributed by atoms with van der Waals surface area (Å²) in [6, 6.07) is 13.6. The van der Waals surface area contributed by atoms with Gasteiger partial charge in [0, 0.05) is 63.5 Å². The zero-order valence-corrected chi connectivity index (χ0v) is 17.2. The molecule has 0 aliphatic carbocycles. The lowest BCUT2D eigenvalue weighted by atomic mass is 10.1. The zero-order chi connectivity index (χ0) is 20.8. The monoisotopic (exact) mass is 406 g/mol. The highest BCUT2D eigenvalue weighted by atomic mass is 16.6. The van der Waals surface area contributed by atoms with E-state index in [-0.39, 0.29) is 6.09 Å². The lowest BCUT2D eigenvalue weighted by Gasteiger charge is -2.33. The number of aromatic nitrogens is 2. The van der Waals surface area contributed by atoms with Crippen LogP contribution in [0.25, 0.3) is 0 Å². The number of carbonyl (C=O) groups is 1. The van der Waals surface area contributed by atoms with Crippen molar-refractivity contribution >= 4 is 6.09 Å². The fraction of sp³-hybridized carbons (Fsp3) is 0.348. The van der Waals surface area contributed by atoms with Crippen molar-refractivity contribution in [3.8, 4) is 5.75 Å². The fourth-order valence-electron chi connectivity index (χ4n) is 3.45. The maximum Gasteiger partial charge on any atom is 0.415 e. The molecule has 30 heavy (non-hydrogen) atoms. The van der Waals surface area contributed by atoms with E-state index in [1.165, 1.54) is 0 Å². The van der Waals surface area contributed by atoms with Crippen molar-refractivity contribution in [1.82, 2.24) is 19.9 Å². The Morgan fingerprint density at radius 1 is 1.07 bits per heavy atom. The van der Waals surface area contributed by atoms with Crippen molar-refractivity contribution in [2.75, 3.05) is 32.7 Å². The quantitative estimate of drug-likeness (QED) is 0.625. The molecule has 1 aromatic carbocycles. The second-order valence-electron chi connectivity index (χ2n) is 7.57. The molecule has 1 saturated heterocycles. The summed E-state index contributed by atoms with van der Waals surface area (Å²) in [4.78, 5) is 21.0. The summed E-state index contributed by atoms with van der Waals surface area (Å²) in [6.45, 7) is 5.89. The molecule has 1 aliphatic heterocycles. The predicted octanol–water partition coefficient (Wildman–Crippen LogP) is 3.33. The number of aryl methyl sites for hydroxylation is 1. The van der Waals surface area contributed by atoms with Crippen LogP contribution in [-0.2, 0) is 12.8 Å². The molecule has 1 aliphatic rings. The number of amides is 1. The van der Waals surface area contributed by atoms with Crippen LogP contribution in [0.1, 0.15) is 22.6 Å². The number of carbonyl (C=O) groups excluding carboxylic acids is 1. The van der Waals surface area contributed by atoms with Gasteiger partial charge in [0.1, 0.15) is 11.5 Å². The number of hydrogen-bond donors (Lipinski definition) is 0. The summed E-state index contributed by atoms with van der Waals surface area (Å²) in [7, 11) is 0. The summed E-state index contributed by atoms with van der Waals surface area (Å²) < 4.78 is 10.7. The molecule has 0 unspecified atom stereocenters. The molecule has 2 aromatic heterocycles. The Morgan fingerprint density at radius 3 is 2.53 bits per heavy atom. The van der Waals surface area contributed by atoms with Crippen LogP contribution >= 0.6 is 0 Å². The topological polar surface area (TPSA) is 71.7 Å². The predicted molar refractivity (Wildman–Crippen MR) is 112 cm³/mol. The van der Waals surface area contributed by atoms with Crippen molar-refractivity contribution in [2.45, 2.75) is 19.8 Å². The summed E-state index contributed by atoms with van der Waals surface area (Å²) in [5.74, 6) is 1.45. The van der Waals surface area contributed by atoms with E-state index >= 15 is 0 Å². The summed E-state index contributed by atoms with van der Waals surface area (Å²) in [5, 5.41) is 3.72. The number of piperazine rings is 1. The molecule has 3 aromatic rings. The molecule has 156 valence electrons. The first-order valence-electron chi connectivity index (χ1n) is 10.2. The molecule has 7 heteroatoms. The number of pyridine rings is 1. The molecule has 7 nitrogen and oxygen atoms in total. The van der Waals surface area contributed by atoms with Gasteiger partial charge >= 0.3 is 6.09 Å². The Kier molecular flexibility index (Phi) is 6.39. The summed E-state index contributed by atoms with van der Waals surface area (Å²) in [5.41, 5.74) is 3.30. The van der Waals surface area contributed by atoms with E-state index in [2.05, 4.69) is 21.1 Å². The van der Waals surface area contributed by atoms with Gasteiger partial charge in [0.15, 0.2) is 0 Å². The van der Waals surface area contributed by atoms with Crippen molar-refractivity contribution < 1.29 is 14.1 Å². The van der Waals surface area contributed by atoms with Gasteiger partial charge in [0.05, 0.1) is 6.20 Å². The minimum Gasteiger partial charge on any atom is -0.410 e. The molecule has 1 fully saturated rings. The first-order valence-corrected chi connectivity index (χ1v) is 10.2. The van der Waals surface area contributed by atoms with E-state index in [0.29, 0.717) is 18.8 Å². The van der Waals surface area contributed by atoms with Crippen LogP contribution in [0.4, 0.5) is 4.79 Å². The average Bonchev–Trinajstić information content (AvgIpc) is 3.29. The molecule has 0 spiro atoms. The summed E-state index contributed by atoms with van der Waals surface area (Å²) in [6.07, 6.45) is 4.83. The van der Waals surface area contributed by atoms with E-state index in [4.69, 9.17) is 9.26 Å². The van der Waals surface area contributed by atoms with E-state index in [1.807, 2.05) is 49.5 Å². The molecule has 0 atom stereocenters. The molecule has 3 heterocycles. The Bertz CT molecular complexity index is 932. The van der Waals surface area contributed by atoms with Gasteiger partial charge < -0.3 is 14.2 Å². The molecule has 0 bridgehead atoms. The smallest absolute Gasteiger partial charge is 0.410 e. The molecule has 4 rings (SSSR count). The second-order valence-corrected chi connectivity index (χ2v) is 7.57. The number of nitrogens with zero attached hydrogens (tertiary/aromatic N) is 4. The average molecular weight is 406 g/mol. The fourth-order valence-corrected chi connectivity index (χ4v) is 3.45. The van der Waals surface area contributed by atoms with Gasteiger partial charge in [0.25, 0.3) is 0 Å². The SMILES string of the molecule is Cc1ccc(Cc2ccc(OC(=O)N3CCN(CCc4ccno4)CC3)cc2)nc1. The molecule has 1 amide bonds. The Balaban J connectivity index is 1.22. The van der Waals surface area contributed by atoms with Crippen LogP contribution in [0.3, 0.4) is 0 Å². The normalized spacial score (nSPS) is 14.6. The molecule has 0 radical (unpaired) electrons. The molecule has 0 saturated carbocycles. The molecular formula is C23H26N4O3. The Hall–Kier alpha value is -3.19. The second kappa shape index (κ2) is 9.54. The third kappa shape index (κ3) is 5.45. The first-order chi connectivity index (χ1) is 14.7. The largest absolute Gasteiger partial charge is 0.415 e. The Morgan fingerprint density at radius 2 is 1.87 bits per heavy atom. The van der Waals surface area contributed by atoms with Gasteiger partial charge in [-0.3, -0.25) is 9.88 Å². The first kappa shape index (κ1) is 20.1. The van der Waals surface area contributed by atoms with Gasteiger partial charge in [-0.2, -0.15) is 0 Å². The highest BCUT2D eigenvalue weighted by Gasteiger charge is 2.22. The zero-order valence-electron chi connectivity index (χ0n) is 17.2. The maximum atomic E-state index is 12.5. The number of rotatable bonds is 6. The Labute approximate surface area is 176 Å². The van der Waals surface area contributed by atoms with Crippen molar-refractivity contribution in [2.24, 2.45) is 0 Å². The van der Waals surface area contributed by atoms with E-state index in [9.17, 15) is 4.79 Å². The minimum absolute atomic E-state index is 0.294. The van der Waals surface area contributed by atoms with Gasteiger partial charge in [-0.05, 0) is 36.2 Å². The van der Waals surface area contributed by atoms with Gasteiger partial charge in [0.2, 0.25) is 0 Å². The number of hydrogen-bond acceptors (Lipinski definition) is 6. The van der Waals surface area contributed by atoms with Gasteiger partial charge in [-0.1, -0.05) is 23.4 Å². The maximum absolute atomic E-state index is 12.5. The summed E-state index contributed by atoms with van der Waals surface area (Å²) >= 11 is 0. The standard InChI is InChI=1S/C23H26N4O3/c1-18-2-5-20(24-17-18)16-19-3-6-21(7-4-19)29-23(28)27-14-12-26(13-15-27)11-9-22-8-10-25-30-22/h2-8,10,17H,9,11-16H2,1H3. The van der Waals surface area contributed by atoms with Crippen molar-refractivity contribution in [3.63, 3.8) is 0 Å². The highest BCUT2D eigenvalue weighted by Crippen LogP contribution is 2.16. The van der Waals surface area contributed by atoms with Gasteiger partial charge in [-0.15, -0.1) is 0 Å². The molecular weight excluding hydrogens is 380 g/mol. The lowest BCUT2D eigenvalue weighted by molar-refractivity contribution is 0.110. The highest BCUT2D eigenvalue weighted by molar-refractivity contribution is 5.70. The number of ether oxygens (including phenoxy) is 1. The minimum atomic E-state index is -0.294. The van der Waals surface area contributed by atoms with Crippen LogP contribution in [0.2, 0.25) is 0 Å². The van der Waals surface area contributed by atoms with Crippen LogP contribution in [-0.4, -0.2) is 58.8 Å². The van der Waals surface area contributed by atoms with E-state index in [1.54, 1.807) is 11.1 Å². The van der Waals surface area contributed by atoms with Gasteiger partial charge in [-0.25, -0.2) is 4.79 Å². The third-order valence-corrected chi connectivity index (χ3v) is 5.28. The van der Waals surface area contributed by atoms with Crippen molar-refractivity contribution in [1.29, 1.82) is 0 Å². The van der Waals surface area contributed by atoms with Crippen LogP contribution in [0.5, 0.6) is 5.75 Å². The van der Waals surface area contributed by atoms with Crippen LogP contribution in [0.15, 0.2) is 59.4 Å². The molecule has 0 N–H and O–H groups in total. The van der Waals surface area contributed by atoms with E-state index < -0.39 is 0 Å². The van der Waals surface area contributed by atoms with Crippen molar-refractivity contribution in [3.05, 3.63) is 77.4 Å². The van der Waals surface area contributed by atoms with E-state index in [0.717, 1.165) is 55.1 Å². The third-order valence-electron chi connectivity index (χ3n) is 5.28.